The molecule has 2 nitrogen and oxygen atoms in total. The van der Waals surface area contributed by atoms with Crippen LogP contribution >= 0.6 is 23.2 Å². The molecule has 0 unspecified atom stereocenters. The van der Waals surface area contributed by atoms with Crippen molar-refractivity contribution in [1.29, 1.82) is 10.5 Å². The summed E-state index contributed by atoms with van der Waals surface area (Å²) in [6.45, 7) is 0. The lowest BCUT2D eigenvalue weighted by Gasteiger charge is -1.88. The molecule has 41 heavy (non-hydrogen) atoms. The predicted molar refractivity (Wildman–Crippen MR) is 179 cm³/mol. The summed E-state index contributed by atoms with van der Waals surface area (Å²) in [7, 11) is 0. The molecule has 0 aliphatic carbocycles. The van der Waals surface area contributed by atoms with Crippen molar-refractivity contribution in [3.63, 3.8) is 0 Å². The van der Waals surface area contributed by atoms with Gasteiger partial charge in [-0.25, -0.2) is 0 Å². The van der Waals surface area contributed by atoms with Gasteiger partial charge >= 0.3 is 0 Å². The summed E-state index contributed by atoms with van der Waals surface area (Å²) in [5, 5.41) is 18.9. The first kappa shape index (κ1) is 34.2. The van der Waals surface area contributed by atoms with Gasteiger partial charge in [0.05, 0.1) is 28.6 Å². The lowest BCUT2D eigenvalue weighted by Crippen LogP contribution is -1.74. The third-order valence-electron chi connectivity index (χ3n) is 4.76. The zero-order chi connectivity index (χ0) is 29.6. The minimum Gasteiger partial charge on any atom is -0.192 e. The third-order valence-corrected chi connectivity index (χ3v) is 4.76. The molecule has 0 saturated heterocycles. The maximum absolute atomic E-state index is 9.33. The molecule has 0 atom stereocenters. The van der Waals surface area contributed by atoms with Crippen molar-refractivity contribution in [3.8, 4) is 12.1 Å². The van der Waals surface area contributed by atoms with Crippen molar-refractivity contribution in [3.05, 3.63) is 192 Å². The Morgan fingerprint density at radius 1 is 0.488 bits per heavy atom. The number of nitriles is 2. The number of nitrogens with zero attached hydrogens (tertiary/aromatic N) is 2. The van der Waals surface area contributed by atoms with Crippen LogP contribution in [-0.2, 0) is 0 Å². The topological polar surface area (TPSA) is 47.6 Å². The molecule has 0 bridgehead atoms. The average molecular weight is 576 g/mol. The molecule has 4 heteroatoms. The van der Waals surface area contributed by atoms with Gasteiger partial charge in [0.25, 0.3) is 0 Å². The van der Waals surface area contributed by atoms with E-state index in [2.05, 4.69) is 12.1 Å². The molecule has 0 spiro atoms. The Bertz CT molecular complexity index is 1310. The Labute approximate surface area is 254 Å². The molecule has 0 amide bonds. The number of rotatable bonds is 12. The summed E-state index contributed by atoms with van der Waals surface area (Å²) in [5.74, 6) is 0. The molecular weight excluding hydrogens is 543 g/mol. The van der Waals surface area contributed by atoms with Crippen LogP contribution in [0.15, 0.2) is 181 Å². The number of benzene rings is 2. The van der Waals surface area contributed by atoms with E-state index < -0.39 is 0 Å². The molecule has 0 aromatic heterocycles. The summed E-state index contributed by atoms with van der Waals surface area (Å²) in [6.07, 6.45) is 37.3. The van der Waals surface area contributed by atoms with Gasteiger partial charge in [0.1, 0.15) is 0 Å². The van der Waals surface area contributed by atoms with Crippen LogP contribution in [0.5, 0.6) is 0 Å². The largest absolute Gasteiger partial charge is 0.192 e. The van der Waals surface area contributed by atoms with E-state index in [0.717, 1.165) is 11.1 Å². The quantitative estimate of drug-likeness (QED) is 0.144. The van der Waals surface area contributed by atoms with Crippen LogP contribution in [0, 0.1) is 22.7 Å². The lowest BCUT2D eigenvalue weighted by molar-refractivity contribution is 1.48. The number of hydrogen-bond acceptors (Lipinski definition) is 2. The maximum Gasteiger partial charge on any atom is 0.0991 e. The molecule has 0 heterocycles. The molecule has 0 aliphatic heterocycles. The normalized spacial score (nSPS) is 13.1. The minimum atomic E-state index is 0.194. The first-order valence-electron chi connectivity index (χ1n) is 12.7. The average Bonchev–Trinajstić information content (AvgIpc) is 3.01. The first-order chi connectivity index (χ1) is 20.2. The Kier molecular flexibility index (Phi) is 21.2. The summed E-state index contributed by atoms with van der Waals surface area (Å²) in [5.41, 5.74) is 3.22. The molecule has 0 fully saturated rings. The summed E-state index contributed by atoms with van der Waals surface area (Å²) >= 11 is 9.53. The predicted octanol–water partition coefficient (Wildman–Crippen LogP) is 10.6. The number of allylic oxidation sites excluding steroid dienone is 20. The van der Waals surface area contributed by atoms with Crippen LogP contribution in [-0.4, -0.2) is 5.34 Å². The molecule has 0 radical (unpaired) electrons. The Balaban J connectivity index is 0.00000268. The Hall–Kier alpha value is -4.86. The first-order valence-corrected chi connectivity index (χ1v) is 13.8. The van der Waals surface area contributed by atoms with E-state index in [0.29, 0.717) is 11.1 Å². The van der Waals surface area contributed by atoms with Gasteiger partial charge in [-0.15, -0.1) is 23.2 Å². The van der Waals surface area contributed by atoms with E-state index >= 15 is 0 Å². The van der Waals surface area contributed by atoms with E-state index in [1.165, 1.54) is 0 Å². The number of alkyl halides is 2. The highest BCUT2D eigenvalue weighted by Crippen LogP contribution is 2.03. The van der Waals surface area contributed by atoms with Crippen LogP contribution in [0.3, 0.4) is 0 Å². The zero-order valence-electron chi connectivity index (χ0n) is 22.7. The number of hydrogen-bond donors (Lipinski definition) is 0. The second kappa shape index (κ2) is 25.4. The Morgan fingerprint density at radius 2 is 0.780 bits per heavy atom. The van der Waals surface area contributed by atoms with Crippen molar-refractivity contribution >= 4 is 35.4 Å². The van der Waals surface area contributed by atoms with Gasteiger partial charge in [-0.2, -0.15) is 10.5 Å². The van der Waals surface area contributed by atoms with Crippen molar-refractivity contribution in [2.24, 2.45) is 0 Å². The van der Waals surface area contributed by atoms with E-state index in [9.17, 15) is 10.5 Å². The van der Waals surface area contributed by atoms with Crippen molar-refractivity contribution in [2.45, 2.75) is 0 Å². The highest BCUT2D eigenvalue weighted by Gasteiger charge is 1.89. The number of halogens is 2. The smallest absolute Gasteiger partial charge is 0.0991 e. The van der Waals surface area contributed by atoms with Gasteiger partial charge in [0, 0.05) is 0 Å². The fourth-order valence-corrected chi connectivity index (χ4v) is 2.86. The molecule has 204 valence electrons. The van der Waals surface area contributed by atoms with E-state index in [4.69, 9.17) is 23.2 Å². The van der Waals surface area contributed by atoms with Gasteiger partial charge in [0.15, 0.2) is 0 Å². The van der Waals surface area contributed by atoms with Crippen LogP contribution in [0.25, 0.3) is 12.2 Å². The molecular formula is C37H32Cl2N2. The second-order valence-electron chi connectivity index (χ2n) is 7.75. The van der Waals surface area contributed by atoms with Gasteiger partial charge in [-0.05, 0) is 35.4 Å². The molecule has 0 saturated carbocycles. The summed E-state index contributed by atoms with van der Waals surface area (Å²) in [6, 6.07) is 24.5. The van der Waals surface area contributed by atoms with Crippen LogP contribution in [0.4, 0.5) is 0 Å². The summed E-state index contributed by atoms with van der Waals surface area (Å²) in [4.78, 5) is 0. The molecule has 0 N–H and O–H groups in total. The standard InChI is InChI=1S/C36H30N2.CH2Cl2/c37-31-35(27-15-9-5-1-3-7-13-21-33-23-17-11-18-24-33)29-30-36(32-38)28-16-10-6-2-4-8-14-22-34-25-19-12-20-26-34;2-1-3/h1-30H;1H2/b5-1+,6-2+,7-3+,8-4+,15-9+,16-10+,21-13+,22-14+,30-29+,35-27-,36-28-;. The van der Waals surface area contributed by atoms with Crippen LogP contribution < -0.4 is 0 Å². The van der Waals surface area contributed by atoms with Crippen molar-refractivity contribution in [2.75, 3.05) is 5.34 Å². The fourth-order valence-electron chi connectivity index (χ4n) is 2.86. The van der Waals surface area contributed by atoms with Crippen LogP contribution in [0.1, 0.15) is 11.1 Å². The zero-order valence-corrected chi connectivity index (χ0v) is 24.2. The Morgan fingerprint density at radius 3 is 1.10 bits per heavy atom. The van der Waals surface area contributed by atoms with Crippen molar-refractivity contribution in [1.82, 2.24) is 0 Å². The minimum absolute atomic E-state index is 0.194. The summed E-state index contributed by atoms with van der Waals surface area (Å²) < 4.78 is 0. The SMILES string of the molecule is ClCCl.N#CC(=C\C=C\C=C\C=C\C=C\c1ccccc1)/C=C/C(C#N)=C/C=C/C=C/C=C/C=C/c1ccccc1. The molecule has 2 rings (SSSR count). The van der Waals surface area contributed by atoms with E-state index in [1.54, 1.807) is 36.5 Å². The third kappa shape index (κ3) is 19.8. The van der Waals surface area contributed by atoms with Gasteiger partial charge in [-0.3, -0.25) is 0 Å². The highest BCUT2D eigenvalue weighted by molar-refractivity contribution is 6.40. The second-order valence-corrected chi connectivity index (χ2v) is 8.56. The van der Waals surface area contributed by atoms with Gasteiger partial charge in [0.2, 0.25) is 0 Å². The van der Waals surface area contributed by atoms with E-state index in [1.807, 2.05) is 146 Å². The lowest BCUT2D eigenvalue weighted by atomic mass is 10.2. The van der Waals surface area contributed by atoms with E-state index in [-0.39, 0.29) is 5.34 Å². The van der Waals surface area contributed by atoms with Gasteiger partial charge < -0.3 is 0 Å². The maximum atomic E-state index is 9.33. The van der Waals surface area contributed by atoms with Crippen LogP contribution in [0.2, 0.25) is 0 Å². The van der Waals surface area contributed by atoms with Gasteiger partial charge in [-0.1, -0.05) is 158 Å². The monoisotopic (exact) mass is 574 g/mol. The fraction of sp³-hybridized carbons (Fsp3) is 0.0270. The van der Waals surface area contributed by atoms with Crippen molar-refractivity contribution < 1.29 is 0 Å². The molecule has 2 aromatic rings. The highest BCUT2D eigenvalue weighted by atomic mass is 35.5. The molecule has 0 aliphatic rings. The molecule has 2 aromatic carbocycles.